The van der Waals surface area contributed by atoms with Crippen molar-refractivity contribution in [2.24, 2.45) is 7.05 Å². The minimum atomic E-state index is -0.00229. The Hall–Kier alpha value is -2.79. The summed E-state index contributed by atoms with van der Waals surface area (Å²) in [4.78, 5) is 15.3. The summed E-state index contributed by atoms with van der Waals surface area (Å²) in [5.74, 6) is -0.00229. The molecule has 26 heavy (non-hydrogen) atoms. The van der Waals surface area contributed by atoms with Crippen molar-refractivity contribution >= 4 is 40.3 Å². The first-order valence-corrected chi connectivity index (χ1v) is 9.33. The van der Waals surface area contributed by atoms with Crippen molar-refractivity contribution in [2.75, 3.05) is 18.5 Å². The summed E-state index contributed by atoms with van der Waals surface area (Å²) in [6, 6.07) is 18.7. The Balaban J connectivity index is 1.82. The monoisotopic (exact) mass is 362 g/mol. The number of benzene rings is 2. The van der Waals surface area contributed by atoms with E-state index in [1.165, 1.54) is 15.8 Å². The highest BCUT2D eigenvalue weighted by Crippen LogP contribution is 2.46. The van der Waals surface area contributed by atoms with Gasteiger partial charge in [-0.05, 0) is 29.8 Å². The van der Waals surface area contributed by atoms with Gasteiger partial charge >= 0.3 is 0 Å². The number of anilines is 1. The molecule has 0 saturated carbocycles. The third-order valence-electron chi connectivity index (χ3n) is 4.57. The largest absolute Gasteiger partial charge is 0.358 e. The minimum absolute atomic E-state index is 0.00229. The van der Waals surface area contributed by atoms with Gasteiger partial charge in [0.1, 0.15) is 13.6 Å². The van der Waals surface area contributed by atoms with Crippen LogP contribution in [0.15, 0.2) is 70.7 Å². The number of pyridine rings is 1. The van der Waals surface area contributed by atoms with Gasteiger partial charge in [-0.3, -0.25) is 4.79 Å². The third kappa shape index (κ3) is 2.95. The number of fused-ring (bicyclic) bond motifs is 2. The second kappa shape index (κ2) is 6.84. The average Bonchev–Trinajstić information content (AvgIpc) is 3.01. The van der Waals surface area contributed by atoms with Crippen LogP contribution in [0, 0.1) is 0 Å². The molecule has 1 aliphatic rings. The molecule has 0 aliphatic carbocycles. The van der Waals surface area contributed by atoms with Gasteiger partial charge in [0.25, 0.3) is 0 Å². The lowest BCUT2D eigenvalue weighted by Crippen LogP contribution is -2.33. The summed E-state index contributed by atoms with van der Waals surface area (Å²) in [7, 11) is 3.73. The van der Waals surface area contributed by atoms with Gasteiger partial charge in [-0.15, -0.1) is 0 Å². The zero-order valence-electron chi connectivity index (χ0n) is 14.8. The number of carbonyl (C=O) groups excluding carboxylic acids is 1. The molecular formula is C21H20N3OS+. The number of para-hydroxylation sites is 2. The highest BCUT2D eigenvalue weighted by Gasteiger charge is 2.26. The number of rotatable bonds is 3. The first-order chi connectivity index (χ1) is 12.7. The SMILES string of the molecule is CNC(=O)CN1/C(=C/c2cc[n+](C)c3ccccc23)Sc2ccccc21. The van der Waals surface area contributed by atoms with Gasteiger partial charge < -0.3 is 10.2 Å². The number of hydrogen-bond acceptors (Lipinski definition) is 3. The number of amides is 1. The van der Waals surface area contributed by atoms with Gasteiger partial charge in [-0.2, -0.15) is 0 Å². The molecule has 2 heterocycles. The van der Waals surface area contributed by atoms with Crippen LogP contribution in [0.3, 0.4) is 0 Å². The van der Waals surface area contributed by atoms with E-state index in [0.717, 1.165) is 16.3 Å². The summed E-state index contributed by atoms with van der Waals surface area (Å²) in [6.45, 7) is 0.310. The van der Waals surface area contributed by atoms with E-state index in [-0.39, 0.29) is 5.91 Å². The Kier molecular flexibility index (Phi) is 4.39. The van der Waals surface area contributed by atoms with E-state index in [1.54, 1.807) is 18.8 Å². The van der Waals surface area contributed by atoms with Crippen LogP contribution in [0.5, 0.6) is 0 Å². The zero-order valence-corrected chi connectivity index (χ0v) is 15.6. The molecular weight excluding hydrogens is 342 g/mol. The Morgan fingerprint density at radius 3 is 2.77 bits per heavy atom. The lowest BCUT2D eigenvalue weighted by Gasteiger charge is -2.19. The van der Waals surface area contributed by atoms with E-state index in [4.69, 9.17) is 0 Å². The molecule has 4 rings (SSSR count). The standard InChI is InChI=1S/C21H19N3OS/c1-22-20(25)14-24-18-9-5-6-10-19(18)26-21(24)13-15-11-12-23(2)17-8-4-3-7-16(15)17/h3-13H,14H2,1-2H3/p+1. The number of carbonyl (C=O) groups is 1. The number of thioether (sulfide) groups is 1. The molecule has 5 heteroatoms. The normalized spacial score (nSPS) is 14.7. The average molecular weight is 362 g/mol. The number of aryl methyl sites for hydroxylation is 1. The maximum Gasteiger partial charge on any atom is 0.239 e. The van der Waals surface area contributed by atoms with E-state index in [9.17, 15) is 4.79 Å². The van der Waals surface area contributed by atoms with Crippen LogP contribution in [0.1, 0.15) is 5.56 Å². The molecule has 0 bridgehead atoms. The van der Waals surface area contributed by atoms with Crippen molar-refractivity contribution in [1.82, 2.24) is 5.32 Å². The van der Waals surface area contributed by atoms with Crippen LogP contribution < -0.4 is 14.8 Å². The highest BCUT2D eigenvalue weighted by atomic mass is 32.2. The van der Waals surface area contributed by atoms with Gasteiger partial charge in [-0.25, -0.2) is 4.57 Å². The third-order valence-corrected chi connectivity index (χ3v) is 5.68. The van der Waals surface area contributed by atoms with Crippen LogP contribution in [0.2, 0.25) is 0 Å². The molecule has 1 amide bonds. The molecule has 3 aromatic rings. The summed E-state index contributed by atoms with van der Waals surface area (Å²) in [6.07, 6.45) is 4.25. The van der Waals surface area contributed by atoms with Crippen molar-refractivity contribution < 1.29 is 9.36 Å². The molecule has 0 radical (unpaired) electrons. The maximum absolute atomic E-state index is 12.0. The Bertz CT molecular complexity index is 1030. The fourth-order valence-electron chi connectivity index (χ4n) is 3.19. The number of likely N-dealkylation sites (N-methyl/N-ethyl adjacent to an activating group) is 1. The topological polar surface area (TPSA) is 36.2 Å². The maximum atomic E-state index is 12.0. The lowest BCUT2D eigenvalue weighted by molar-refractivity contribution is -0.644. The van der Waals surface area contributed by atoms with Crippen molar-refractivity contribution in [1.29, 1.82) is 0 Å². The van der Waals surface area contributed by atoms with Crippen molar-refractivity contribution in [3.05, 3.63) is 71.4 Å². The Morgan fingerprint density at radius 1 is 1.15 bits per heavy atom. The first kappa shape index (κ1) is 16.7. The molecule has 2 aromatic carbocycles. The molecule has 0 spiro atoms. The van der Waals surface area contributed by atoms with Gasteiger partial charge in [0, 0.05) is 24.1 Å². The van der Waals surface area contributed by atoms with Gasteiger partial charge in [0.05, 0.1) is 16.1 Å². The Labute approximate surface area is 157 Å². The van der Waals surface area contributed by atoms with E-state index in [0.29, 0.717) is 6.54 Å². The van der Waals surface area contributed by atoms with Crippen LogP contribution in [0.25, 0.3) is 17.0 Å². The van der Waals surface area contributed by atoms with Gasteiger partial charge in [-0.1, -0.05) is 36.0 Å². The van der Waals surface area contributed by atoms with E-state index >= 15 is 0 Å². The zero-order chi connectivity index (χ0) is 18.1. The molecule has 1 N–H and O–H groups in total. The minimum Gasteiger partial charge on any atom is -0.358 e. The summed E-state index contributed by atoms with van der Waals surface area (Å²) in [5, 5.41) is 4.98. The Morgan fingerprint density at radius 2 is 1.92 bits per heavy atom. The summed E-state index contributed by atoms with van der Waals surface area (Å²) < 4.78 is 2.12. The number of hydrogen-bond donors (Lipinski definition) is 1. The van der Waals surface area contributed by atoms with Crippen molar-refractivity contribution in [3.63, 3.8) is 0 Å². The highest BCUT2D eigenvalue weighted by molar-refractivity contribution is 8.03. The second-order valence-corrected chi connectivity index (χ2v) is 7.27. The lowest BCUT2D eigenvalue weighted by atomic mass is 10.1. The smallest absolute Gasteiger partial charge is 0.239 e. The van der Waals surface area contributed by atoms with E-state index in [2.05, 4.69) is 76.6 Å². The first-order valence-electron chi connectivity index (χ1n) is 8.51. The van der Waals surface area contributed by atoms with Crippen LogP contribution in [-0.2, 0) is 11.8 Å². The van der Waals surface area contributed by atoms with E-state index in [1.807, 2.05) is 12.1 Å². The van der Waals surface area contributed by atoms with Gasteiger partial charge in [0.15, 0.2) is 6.20 Å². The predicted octanol–water partition coefficient (Wildman–Crippen LogP) is 3.32. The number of nitrogens with zero attached hydrogens (tertiary/aromatic N) is 2. The molecule has 0 saturated heterocycles. The molecule has 130 valence electrons. The molecule has 0 atom stereocenters. The molecule has 4 nitrogen and oxygen atoms in total. The molecule has 1 aromatic heterocycles. The van der Waals surface area contributed by atoms with Crippen LogP contribution in [0.4, 0.5) is 5.69 Å². The second-order valence-electron chi connectivity index (χ2n) is 6.21. The van der Waals surface area contributed by atoms with Gasteiger partial charge in [0.2, 0.25) is 11.4 Å². The number of nitrogens with one attached hydrogen (secondary N) is 1. The fraction of sp³-hybridized carbons (Fsp3) is 0.143. The van der Waals surface area contributed by atoms with Crippen LogP contribution in [-0.4, -0.2) is 19.5 Å². The quantitative estimate of drug-likeness (QED) is 0.726. The molecule has 0 unspecified atom stereocenters. The summed E-state index contributed by atoms with van der Waals surface area (Å²) in [5.41, 5.74) is 3.41. The van der Waals surface area contributed by atoms with E-state index < -0.39 is 0 Å². The molecule has 0 fully saturated rings. The van der Waals surface area contributed by atoms with Crippen molar-refractivity contribution in [2.45, 2.75) is 4.90 Å². The van der Waals surface area contributed by atoms with Crippen molar-refractivity contribution in [3.8, 4) is 0 Å². The summed E-state index contributed by atoms with van der Waals surface area (Å²) >= 11 is 1.70. The van der Waals surface area contributed by atoms with Crippen LogP contribution >= 0.6 is 11.8 Å². The number of aromatic nitrogens is 1. The fourth-order valence-corrected chi connectivity index (χ4v) is 4.31. The molecule has 1 aliphatic heterocycles. The predicted molar refractivity (Wildman–Crippen MR) is 107 cm³/mol.